The second kappa shape index (κ2) is 8.92. The average Bonchev–Trinajstić information content (AvgIpc) is 2.84. The molecule has 162 valence electrons. The Morgan fingerprint density at radius 2 is 1.06 bits per heavy atom. The molecule has 0 spiro atoms. The lowest BCUT2D eigenvalue weighted by atomic mass is 9.66. The first-order chi connectivity index (χ1) is 15.4. The fourth-order valence-corrected chi connectivity index (χ4v) is 4.56. The van der Waals surface area contributed by atoms with Crippen LogP contribution in [0, 0.1) is 5.92 Å². The molecular weight excluding hydrogens is 392 g/mol. The van der Waals surface area contributed by atoms with E-state index < -0.39 is 0 Å². The van der Waals surface area contributed by atoms with Crippen LogP contribution in [0.5, 0.6) is 11.5 Å². The number of benzene rings is 4. The zero-order valence-corrected chi connectivity index (χ0v) is 18.9. The molecule has 0 aliphatic carbocycles. The van der Waals surface area contributed by atoms with Gasteiger partial charge in [-0.05, 0) is 52.4 Å². The van der Waals surface area contributed by atoms with Crippen LogP contribution in [0.15, 0.2) is 97.1 Å². The average molecular weight is 423 g/mol. The van der Waals surface area contributed by atoms with Gasteiger partial charge >= 0.3 is 0 Å². The predicted octanol–water partition coefficient (Wildman–Crippen LogP) is 7.78. The van der Waals surface area contributed by atoms with E-state index in [1.165, 1.54) is 0 Å². The van der Waals surface area contributed by atoms with E-state index in [1.807, 2.05) is 72.8 Å². The number of hydrogen-bond acceptors (Lipinski definition) is 2. The molecule has 0 aliphatic heterocycles. The van der Waals surface area contributed by atoms with Crippen LogP contribution in [-0.4, -0.2) is 10.2 Å². The molecule has 0 heterocycles. The smallest absolute Gasteiger partial charge is 0.123 e. The summed E-state index contributed by atoms with van der Waals surface area (Å²) >= 11 is 0. The van der Waals surface area contributed by atoms with Crippen LogP contribution < -0.4 is 0 Å². The molecule has 4 aromatic carbocycles. The summed E-state index contributed by atoms with van der Waals surface area (Å²) in [6, 6.07) is 31.9. The van der Waals surface area contributed by atoms with Crippen LogP contribution >= 0.6 is 0 Å². The van der Waals surface area contributed by atoms with Crippen LogP contribution in [0.1, 0.15) is 38.3 Å². The lowest BCUT2D eigenvalue weighted by Gasteiger charge is -2.37. The molecule has 2 nitrogen and oxygen atoms in total. The zero-order valence-electron chi connectivity index (χ0n) is 18.9. The summed E-state index contributed by atoms with van der Waals surface area (Å²) < 4.78 is 0. The van der Waals surface area contributed by atoms with Gasteiger partial charge < -0.3 is 10.2 Å². The number of phenolic OH excluding ortho intramolecular Hbond substituents is 2. The molecule has 2 heteroatoms. The molecule has 0 saturated heterocycles. The van der Waals surface area contributed by atoms with Crippen molar-refractivity contribution in [2.45, 2.75) is 32.6 Å². The van der Waals surface area contributed by atoms with Gasteiger partial charge in [0.2, 0.25) is 0 Å². The van der Waals surface area contributed by atoms with Crippen LogP contribution in [0.3, 0.4) is 0 Å². The zero-order chi connectivity index (χ0) is 22.7. The molecule has 0 bridgehead atoms. The van der Waals surface area contributed by atoms with Gasteiger partial charge in [-0.3, -0.25) is 0 Å². The molecule has 0 aliphatic rings. The van der Waals surface area contributed by atoms with Gasteiger partial charge in [0.25, 0.3) is 0 Å². The van der Waals surface area contributed by atoms with Gasteiger partial charge in [0.1, 0.15) is 11.5 Å². The Hall–Kier alpha value is -3.52. The summed E-state index contributed by atoms with van der Waals surface area (Å²) in [5.41, 5.74) is 5.65. The minimum atomic E-state index is -0.302. The van der Waals surface area contributed by atoms with E-state index in [1.54, 1.807) is 12.1 Å². The first-order valence-electron chi connectivity index (χ1n) is 11.2. The topological polar surface area (TPSA) is 40.5 Å². The van der Waals surface area contributed by atoms with Crippen molar-refractivity contribution in [3.8, 4) is 33.8 Å². The maximum Gasteiger partial charge on any atom is 0.123 e. The van der Waals surface area contributed by atoms with Crippen molar-refractivity contribution in [3.05, 3.63) is 108 Å². The van der Waals surface area contributed by atoms with Crippen LogP contribution in [0.2, 0.25) is 0 Å². The number of rotatable bonds is 6. The summed E-state index contributed by atoms with van der Waals surface area (Å²) in [6.45, 7) is 6.74. The molecule has 0 amide bonds. The third-order valence-electron chi connectivity index (χ3n) is 6.96. The molecule has 4 aromatic rings. The third-order valence-corrected chi connectivity index (χ3v) is 6.96. The first-order valence-corrected chi connectivity index (χ1v) is 11.2. The van der Waals surface area contributed by atoms with Crippen molar-refractivity contribution in [1.29, 1.82) is 0 Å². The highest BCUT2D eigenvalue weighted by Gasteiger charge is 2.35. The molecule has 0 radical (unpaired) electrons. The van der Waals surface area contributed by atoms with Gasteiger partial charge in [-0.15, -0.1) is 0 Å². The second-order valence-electron chi connectivity index (χ2n) is 8.71. The maximum absolute atomic E-state index is 10.6. The Balaban J connectivity index is 1.90. The van der Waals surface area contributed by atoms with E-state index >= 15 is 0 Å². The first kappa shape index (κ1) is 21.7. The largest absolute Gasteiger partial charge is 0.507 e. The molecule has 2 N–H and O–H groups in total. The molecule has 0 aromatic heterocycles. The van der Waals surface area contributed by atoms with Crippen LogP contribution in [0.4, 0.5) is 0 Å². The molecule has 32 heavy (non-hydrogen) atoms. The fraction of sp³-hybridized carbons (Fsp3) is 0.200. The van der Waals surface area contributed by atoms with Gasteiger partial charge in [0.05, 0.1) is 0 Å². The second-order valence-corrected chi connectivity index (χ2v) is 8.71. The summed E-state index contributed by atoms with van der Waals surface area (Å²) in [7, 11) is 0. The molecule has 4 rings (SSSR count). The van der Waals surface area contributed by atoms with E-state index in [-0.39, 0.29) is 16.9 Å². The van der Waals surface area contributed by atoms with Crippen molar-refractivity contribution in [2.24, 2.45) is 5.92 Å². The van der Waals surface area contributed by atoms with E-state index in [9.17, 15) is 10.2 Å². The molecular formula is C30H30O2. The van der Waals surface area contributed by atoms with E-state index in [2.05, 4.69) is 32.9 Å². The Morgan fingerprint density at radius 3 is 1.44 bits per heavy atom. The van der Waals surface area contributed by atoms with Gasteiger partial charge in [-0.25, -0.2) is 0 Å². The van der Waals surface area contributed by atoms with Gasteiger partial charge in [0.15, 0.2) is 0 Å². The highest BCUT2D eigenvalue weighted by molar-refractivity contribution is 5.73. The van der Waals surface area contributed by atoms with Gasteiger partial charge in [-0.2, -0.15) is 0 Å². The van der Waals surface area contributed by atoms with Gasteiger partial charge in [-0.1, -0.05) is 100.0 Å². The van der Waals surface area contributed by atoms with Crippen molar-refractivity contribution in [3.63, 3.8) is 0 Å². The quantitative estimate of drug-likeness (QED) is 0.333. The molecule has 0 saturated carbocycles. The van der Waals surface area contributed by atoms with Crippen molar-refractivity contribution < 1.29 is 10.2 Å². The summed E-state index contributed by atoms with van der Waals surface area (Å²) in [6.07, 6.45) is 1.000. The Kier molecular flexibility index (Phi) is 6.05. The Morgan fingerprint density at radius 1 is 0.656 bits per heavy atom. The number of aromatic hydroxyl groups is 2. The van der Waals surface area contributed by atoms with E-state index in [4.69, 9.17) is 0 Å². The summed E-state index contributed by atoms with van der Waals surface area (Å²) in [5, 5.41) is 21.2. The standard InChI is InChI=1S/C30H30O2/c1-4-21(2)30(3,24-15-17-28(31)26(19-24)22-11-7-5-8-12-22)25-16-18-29(32)27(20-25)23-13-9-6-10-14-23/h5-21,31-32H,4H2,1-3H3. The van der Waals surface area contributed by atoms with Crippen molar-refractivity contribution >= 4 is 0 Å². The highest BCUT2D eigenvalue weighted by atomic mass is 16.3. The van der Waals surface area contributed by atoms with E-state index in [0.29, 0.717) is 5.92 Å². The molecule has 1 unspecified atom stereocenters. The maximum atomic E-state index is 10.6. The molecule has 1 atom stereocenters. The van der Waals surface area contributed by atoms with E-state index in [0.717, 1.165) is 39.8 Å². The minimum Gasteiger partial charge on any atom is -0.507 e. The number of phenols is 2. The molecule has 0 fully saturated rings. The highest BCUT2D eigenvalue weighted by Crippen LogP contribution is 2.45. The lowest BCUT2D eigenvalue weighted by Crippen LogP contribution is -2.31. The minimum absolute atomic E-state index is 0.280. The summed E-state index contributed by atoms with van der Waals surface area (Å²) in [5.74, 6) is 0.896. The fourth-order valence-electron chi connectivity index (χ4n) is 4.56. The number of hydrogen-bond donors (Lipinski definition) is 2. The van der Waals surface area contributed by atoms with Crippen LogP contribution in [0.25, 0.3) is 22.3 Å². The Bertz CT molecular complexity index is 1110. The van der Waals surface area contributed by atoms with Crippen LogP contribution in [-0.2, 0) is 5.41 Å². The normalized spacial score (nSPS) is 12.5. The van der Waals surface area contributed by atoms with Crippen molar-refractivity contribution in [1.82, 2.24) is 0 Å². The predicted molar refractivity (Wildman–Crippen MR) is 133 cm³/mol. The SMILES string of the molecule is CCC(C)C(C)(c1ccc(O)c(-c2ccccc2)c1)c1ccc(O)c(-c2ccccc2)c1. The van der Waals surface area contributed by atoms with Crippen molar-refractivity contribution in [2.75, 3.05) is 0 Å². The van der Waals surface area contributed by atoms with Gasteiger partial charge in [0, 0.05) is 16.5 Å². The summed E-state index contributed by atoms with van der Waals surface area (Å²) in [4.78, 5) is 0. The lowest BCUT2D eigenvalue weighted by molar-refractivity contribution is 0.363. The Labute approximate surface area is 190 Å². The monoisotopic (exact) mass is 422 g/mol. The third kappa shape index (κ3) is 3.89.